The van der Waals surface area contributed by atoms with Crippen molar-refractivity contribution in [3.63, 3.8) is 0 Å². The van der Waals surface area contributed by atoms with Crippen LogP contribution in [0.1, 0.15) is 24.4 Å². The second-order valence-electron chi connectivity index (χ2n) is 6.34. The van der Waals surface area contributed by atoms with Crippen LogP contribution in [0.3, 0.4) is 0 Å². The maximum Gasteiger partial charge on any atom is 0.248 e. The van der Waals surface area contributed by atoms with Gasteiger partial charge in [-0.1, -0.05) is 11.8 Å². The van der Waals surface area contributed by atoms with Crippen molar-refractivity contribution in [1.82, 2.24) is 9.78 Å². The second kappa shape index (κ2) is 8.31. The zero-order chi connectivity index (χ0) is 19.4. The van der Waals surface area contributed by atoms with Gasteiger partial charge in [-0.25, -0.2) is 0 Å². The Morgan fingerprint density at radius 2 is 1.67 bits per heavy atom. The zero-order valence-corrected chi connectivity index (χ0v) is 16.7. The summed E-state index contributed by atoms with van der Waals surface area (Å²) in [6, 6.07) is 17.4. The van der Waals surface area contributed by atoms with E-state index in [1.807, 2.05) is 75.4 Å². The van der Waals surface area contributed by atoms with Crippen molar-refractivity contribution >= 4 is 23.4 Å². The molecular weight excluding hydrogens is 358 g/mol. The van der Waals surface area contributed by atoms with E-state index in [2.05, 4.69) is 10.4 Å². The maximum absolute atomic E-state index is 12.5. The number of aryl methyl sites for hydroxylation is 2. The van der Waals surface area contributed by atoms with Gasteiger partial charge < -0.3 is 10.1 Å². The molecule has 3 aromatic rings. The van der Waals surface area contributed by atoms with Crippen molar-refractivity contribution in [2.24, 2.45) is 0 Å². The minimum atomic E-state index is -0.368. The van der Waals surface area contributed by atoms with Gasteiger partial charge in [0.05, 0.1) is 12.8 Å². The molecule has 1 N–H and O–H groups in total. The molecule has 1 unspecified atom stereocenters. The van der Waals surface area contributed by atoms with Gasteiger partial charge in [-0.15, -0.1) is 0 Å². The molecule has 140 valence electrons. The number of nitrogens with one attached hydrogen (secondary N) is 1. The first-order valence-corrected chi connectivity index (χ1v) is 9.53. The minimum absolute atomic E-state index is 0.0863. The Bertz CT molecular complexity index is 918. The van der Waals surface area contributed by atoms with Crippen LogP contribution in [-0.2, 0) is 4.79 Å². The summed E-state index contributed by atoms with van der Waals surface area (Å²) in [5, 5.41) is 7.35. The number of carbonyl (C=O) groups excluding carboxylic acids is 1. The van der Waals surface area contributed by atoms with E-state index < -0.39 is 0 Å². The molecule has 6 heteroatoms. The molecule has 0 saturated carbocycles. The van der Waals surface area contributed by atoms with E-state index in [1.54, 1.807) is 23.6 Å². The number of hydrogen-bond acceptors (Lipinski definition) is 4. The van der Waals surface area contributed by atoms with E-state index >= 15 is 0 Å². The number of hydrogen-bond donors (Lipinski definition) is 1. The predicted octanol–water partition coefficient (Wildman–Crippen LogP) is 4.86. The summed E-state index contributed by atoms with van der Waals surface area (Å²) < 4.78 is 6.92. The molecule has 1 heterocycles. The standard InChI is InChI=1S/C21H23N3O2S/c1-14-13-15(2)24(23-14)16(3)21(25)22-17-5-9-19(10-6-17)27-20-11-7-18(26-4)8-12-20/h5-13,16H,1-4H3,(H,22,25). The summed E-state index contributed by atoms with van der Waals surface area (Å²) in [6.07, 6.45) is 0. The number of rotatable bonds is 6. The number of methoxy groups -OCH3 is 1. The van der Waals surface area contributed by atoms with Crippen LogP contribution in [0.5, 0.6) is 5.75 Å². The fourth-order valence-electron chi connectivity index (χ4n) is 2.78. The van der Waals surface area contributed by atoms with Crippen molar-refractivity contribution < 1.29 is 9.53 Å². The van der Waals surface area contributed by atoms with Crippen LogP contribution in [0.15, 0.2) is 64.4 Å². The molecule has 0 saturated heterocycles. The van der Waals surface area contributed by atoms with Crippen LogP contribution in [0, 0.1) is 13.8 Å². The van der Waals surface area contributed by atoms with Gasteiger partial charge in [-0.2, -0.15) is 5.10 Å². The molecule has 2 aromatic carbocycles. The largest absolute Gasteiger partial charge is 0.497 e. The molecule has 0 bridgehead atoms. The van der Waals surface area contributed by atoms with Crippen LogP contribution < -0.4 is 10.1 Å². The van der Waals surface area contributed by atoms with Crippen molar-refractivity contribution in [3.05, 3.63) is 66.0 Å². The molecule has 1 atom stereocenters. The molecule has 27 heavy (non-hydrogen) atoms. The average Bonchev–Trinajstić information content (AvgIpc) is 3.01. The Kier molecular flexibility index (Phi) is 5.86. The van der Waals surface area contributed by atoms with E-state index in [1.165, 1.54) is 0 Å². The van der Waals surface area contributed by atoms with Crippen LogP contribution in [-0.4, -0.2) is 22.8 Å². The van der Waals surface area contributed by atoms with Crippen molar-refractivity contribution in [3.8, 4) is 5.75 Å². The quantitative estimate of drug-likeness (QED) is 0.662. The molecule has 1 amide bonds. The van der Waals surface area contributed by atoms with Gasteiger partial charge >= 0.3 is 0 Å². The summed E-state index contributed by atoms with van der Waals surface area (Å²) in [6.45, 7) is 5.73. The molecule has 0 spiro atoms. The van der Waals surface area contributed by atoms with E-state index in [9.17, 15) is 4.79 Å². The van der Waals surface area contributed by atoms with E-state index in [0.29, 0.717) is 0 Å². The smallest absolute Gasteiger partial charge is 0.248 e. The van der Waals surface area contributed by atoms with Crippen molar-refractivity contribution in [2.45, 2.75) is 36.6 Å². The lowest BCUT2D eigenvalue weighted by atomic mass is 10.2. The first-order valence-electron chi connectivity index (χ1n) is 8.72. The highest BCUT2D eigenvalue weighted by Crippen LogP contribution is 2.30. The van der Waals surface area contributed by atoms with Gasteiger partial charge in [0.15, 0.2) is 0 Å². The molecule has 0 radical (unpaired) electrons. The maximum atomic E-state index is 12.5. The normalized spacial score (nSPS) is 11.9. The first-order chi connectivity index (χ1) is 13.0. The summed E-state index contributed by atoms with van der Waals surface area (Å²) in [5.41, 5.74) is 2.65. The third-order valence-corrected chi connectivity index (χ3v) is 5.22. The van der Waals surface area contributed by atoms with E-state index in [0.717, 1.165) is 32.6 Å². The predicted molar refractivity (Wildman–Crippen MR) is 109 cm³/mol. The van der Waals surface area contributed by atoms with Gasteiger partial charge in [0.2, 0.25) is 5.91 Å². The van der Waals surface area contributed by atoms with Gasteiger partial charge in [0, 0.05) is 21.2 Å². The van der Waals surface area contributed by atoms with Gasteiger partial charge in [-0.3, -0.25) is 9.48 Å². The molecule has 0 aliphatic rings. The molecule has 5 nitrogen and oxygen atoms in total. The number of aromatic nitrogens is 2. The average molecular weight is 382 g/mol. The SMILES string of the molecule is COc1ccc(Sc2ccc(NC(=O)C(C)n3nc(C)cc3C)cc2)cc1. The highest BCUT2D eigenvalue weighted by molar-refractivity contribution is 7.99. The fraction of sp³-hybridized carbons (Fsp3) is 0.238. The topological polar surface area (TPSA) is 56.1 Å². The Labute approximate surface area is 163 Å². The third kappa shape index (κ3) is 4.71. The molecule has 3 rings (SSSR count). The van der Waals surface area contributed by atoms with Crippen LogP contribution >= 0.6 is 11.8 Å². The monoisotopic (exact) mass is 381 g/mol. The van der Waals surface area contributed by atoms with Crippen LogP contribution in [0.4, 0.5) is 5.69 Å². The second-order valence-corrected chi connectivity index (χ2v) is 7.49. The highest BCUT2D eigenvalue weighted by atomic mass is 32.2. The summed E-state index contributed by atoms with van der Waals surface area (Å²) in [5.74, 6) is 0.755. The summed E-state index contributed by atoms with van der Waals surface area (Å²) in [4.78, 5) is 14.8. The molecule has 0 aliphatic carbocycles. The van der Waals surface area contributed by atoms with Gasteiger partial charge in [-0.05, 0) is 75.4 Å². The number of amides is 1. The molecular formula is C21H23N3O2S. The molecule has 1 aromatic heterocycles. The number of carbonyl (C=O) groups is 1. The molecule has 0 aliphatic heterocycles. The Hall–Kier alpha value is -2.73. The summed E-state index contributed by atoms with van der Waals surface area (Å²) >= 11 is 1.66. The third-order valence-electron chi connectivity index (χ3n) is 4.21. The number of ether oxygens (including phenoxy) is 1. The first kappa shape index (κ1) is 19.0. The highest BCUT2D eigenvalue weighted by Gasteiger charge is 2.17. The molecule has 0 fully saturated rings. The lowest BCUT2D eigenvalue weighted by Crippen LogP contribution is -2.25. The lowest BCUT2D eigenvalue weighted by Gasteiger charge is -2.14. The van der Waals surface area contributed by atoms with Gasteiger partial charge in [0.25, 0.3) is 0 Å². The van der Waals surface area contributed by atoms with Crippen molar-refractivity contribution in [2.75, 3.05) is 12.4 Å². The zero-order valence-electron chi connectivity index (χ0n) is 15.9. The number of anilines is 1. The van der Waals surface area contributed by atoms with Crippen molar-refractivity contribution in [1.29, 1.82) is 0 Å². The lowest BCUT2D eigenvalue weighted by molar-refractivity contribution is -0.119. The Morgan fingerprint density at radius 3 is 2.19 bits per heavy atom. The van der Waals surface area contributed by atoms with E-state index in [-0.39, 0.29) is 11.9 Å². The summed E-state index contributed by atoms with van der Waals surface area (Å²) in [7, 11) is 1.66. The van der Waals surface area contributed by atoms with Crippen LogP contribution in [0.25, 0.3) is 0 Å². The number of nitrogens with zero attached hydrogens (tertiary/aromatic N) is 2. The fourth-order valence-corrected chi connectivity index (χ4v) is 3.60. The number of benzene rings is 2. The van der Waals surface area contributed by atoms with E-state index in [4.69, 9.17) is 4.74 Å². The van der Waals surface area contributed by atoms with Crippen LogP contribution in [0.2, 0.25) is 0 Å². The Balaban J connectivity index is 1.62. The Morgan fingerprint density at radius 1 is 1.07 bits per heavy atom. The minimum Gasteiger partial charge on any atom is -0.497 e. The van der Waals surface area contributed by atoms with Gasteiger partial charge in [0.1, 0.15) is 11.8 Å².